The second-order valence-electron chi connectivity index (χ2n) is 6.94. The van der Waals surface area contributed by atoms with Crippen molar-refractivity contribution in [2.24, 2.45) is 0 Å². The summed E-state index contributed by atoms with van der Waals surface area (Å²) in [5.74, 6) is 0.259. The van der Waals surface area contributed by atoms with Gasteiger partial charge in [-0.2, -0.15) is 18.3 Å². The van der Waals surface area contributed by atoms with Crippen molar-refractivity contribution in [3.8, 4) is 0 Å². The van der Waals surface area contributed by atoms with Crippen molar-refractivity contribution in [2.45, 2.75) is 31.6 Å². The van der Waals surface area contributed by atoms with Crippen LogP contribution in [0.1, 0.15) is 24.9 Å². The molecule has 0 saturated carbocycles. The van der Waals surface area contributed by atoms with Crippen LogP contribution in [0.25, 0.3) is 10.9 Å². The van der Waals surface area contributed by atoms with Crippen LogP contribution in [-0.2, 0) is 4.74 Å². The number of aromatic amines is 1. The summed E-state index contributed by atoms with van der Waals surface area (Å²) in [6.45, 7) is 1.46. The van der Waals surface area contributed by atoms with E-state index in [9.17, 15) is 18.0 Å². The van der Waals surface area contributed by atoms with Crippen molar-refractivity contribution in [2.75, 3.05) is 24.4 Å². The number of nitrogens with one attached hydrogen (secondary N) is 4. The molecule has 2 heterocycles. The number of H-pyrrole nitrogens is 1. The first-order valence-corrected chi connectivity index (χ1v) is 9.56. The number of benzene rings is 1. The zero-order valence-corrected chi connectivity index (χ0v) is 17.0. The van der Waals surface area contributed by atoms with Gasteiger partial charge in [0.2, 0.25) is 0 Å². The van der Waals surface area contributed by atoms with Gasteiger partial charge >= 0.3 is 12.2 Å². The molecule has 2 atom stereocenters. The number of ether oxygens (including phenoxy) is 1. The maximum absolute atomic E-state index is 12.8. The van der Waals surface area contributed by atoms with Crippen LogP contribution >= 0.6 is 0 Å². The third-order valence-electron chi connectivity index (χ3n) is 4.65. The predicted molar refractivity (Wildman–Crippen MR) is 111 cm³/mol. The molecule has 1 aromatic carbocycles. The number of hydrogen-bond acceptors (Lipinski definition) is 5. The number of rotatable bonds is 8. The lowest BCUT2D eigenvalue weighted by Gasteiger charge is -2.19. The molecule has 0 spiro atoms. The molecule has 0 aliphatic rings. The average Bonchev–Trinajstić information content (AvgIpc) is 3.13. The number of alkyl halides is 3. The number of fused-ring (bicyclic) bond motifs is 1. The van der Waals surface area contributed by atoms with E-state index in [4.69, 9.17) is 4.74 Å². The first-order valence-electron chi connectivity index (χ1n) is 9.56. The molecular formula is C20H23F3N6O2. The summed E-state index contributed by atoms with van der Waals surface area (Å²) in [6.07, 6.45) is -2.48. The lowest BCUT2D eigenvalue weighted by Crippen LogP contribution is -2.33. The van der Waals surface area contributed by atoms with Crippen LogP contribution < -0.4 is 16.0 Å². The molecule has 4 N–H and O–H groups in total. The Morgan fingerprint density at radius 1 is 1.26 bits per heavy atom. The van der Waals surface area contributed by atoms with E-state index in [1.807, 2.05) is 30.3 Å². The van der Waals surface area contributed by atoms with Crippen LogP contribution in [0.5, 0.6) is 0 Å². The normalized spacial score (nSPS) is 13.6. The minimum atomic E-state index is -4.41. The Labute approximate surface area is 176 Å². The maximum Gasteiger partial charge on any atom is 0.408 e. The molecule has 3 aromatic rings. The second kappa shape index (κ2) is 9.65. The highest BCUT2D eigenvalue weighted by Gasteiger charge is 2.36. The number of aromatic nitrogens is 3. The number of nitrogens with zero attached hydrogens (tertiary/aromatic N) is 2. The number of pyridine rings is 1. The number of hydrogen-bond donors (Lipinski definition) is 4. The van der Waals surface area contributed by atoms with Gasteiger partial charge in [-0.15, -0.1) is 0 Å². The van der Waals surface area contributed by atoms with Crippen molar-refractivity contribution in [1.82, 2.24) is 20.5 Å². The molecule has 11 heteroatoms. The summed E-state index contributed by atoms with van der Waals surface area (Å²) in [6, 6.07) is 8.46. The standard InChI is InChI=1S/C20H23F3N6O2/c1-12(20(21,22)23)25-18-14-11-24-17(10-16(14)28-29-18)27-19(30)26-15(8-9-31-2)13-6-4-3-5-7-13/h3-7,10-12,15H,8-9H2,1-2H3,(H2,25,28,29)(H2,24,26,27,30). The molecule has 0 aliphatic carbocycles. The zero-order valence-electron chi connectivity index (χ0n) is 17.0. The third-order valence-corrected chi connectivity index (χ3v) is 4.65. The molecule has 31 heavy (non-hydrogen) atoms. The Kier molecular flexibility index (Phi) is 6.95. The van der Waals surface area contributed by atoms with E-state index < -0.39 is 18.2 Å². The van der Waals surface area contributed by atoms with E-state index in [1.165, 1.54) is 12.3 Å². The fraction of sp³-hybridized carbons (Fsp3) is 0.350. The molecule has 0 radical (unpaired) electrons. The van der Waals surface area contributed by atoms with Crippen molar-refractivity contribution in [1.29, 1.82) is 0 Å². The Hall–Kier alpha value is -3.34. The van der Waals surface area contributed by atoms with Gasteiger partial charge in [-0.25, -0.2) is 9.78 Å². The van der Waals surface area contributed by atoms with Gasteiger partial charge in [-0.1, -0.05) is 30.3 Å². The average molecular weight is 436 g/mol. The first-order chi connectivity index (χ1) is 14.8. The van der Waals surface area contributed by atoms with Crippen molar-refractivity contribution in [3.63, 3.8) is 0 Å². The number of amides is 2. The number of urea groups is 1. The van der Waals surface area contributed by atoms with Gasteiger partial charge in [0.1, 0.15) is 11.9 Å². The quantitative estimate of drug-likeness (QED) is 0.423. The number of carbonyl (C=O) groups excluding carboxylic acids is 1. The molecule has 0 aliphatic heterocycles. The molecular weight excluding hydrogens is 413 g/mol. The van der Waals surface area contributed by atoms with E-state index in [0.717, 1.165) is 12.5 Å². The summed E-state index contributed by atoms with van der Waals surface area (Å²) in [7, 11) is 1.59. The van der Waals surface area contributed by atoms with Gasteiger partial charge in [-0.3, -0.25) is 10.4 Å². The molecule has 2 aromatic heterocycles. The van der Waals surface area contributed by atoms with E-state index in [-0.39, 0.29) is 17.7 Å². The van der Waals surface area contributed by atoms with Crippen LogP contribution in [0.15, 0.2) is 42.6 Å². The van der Waals surface area contributed by atoms with Gasteiger partial charge in [0, 0.05) is 26.0 Å². The molecule has 0 saturated heterocycles. The number of methoxy groups -OCH3 is 1. The van der Waals surface area contributed by atoms with E-state index in [2.05, 4.69) is 31.1 Å². The smallest absolute Gasteiger partial charge is 0.385 e. The highest BCUT2D eigenvalue weighted by atomic mass is 19.4. The molecule has 0 fully saturated rings. The Balaban J connectivity index is 1.68. The summed E-state index contributed by atoms with van der Waals surface area (Å²) >= 11 is 0. The summed E-state index contributed by atoms with van der Waals surface area (Å²) in [4.78, 5) is 16.6. The van der Waals surface area contributed by atoms with E-state index in [1.54, 1.807) is 7.11 Å². The monoisotopic (exact) mass is 436 g/mol. The van der Waals surface area contributed by atoms with Crippen LogP contribution in [0.3, 0.4) is 0 Å². The SMILES string of the molecule is COCCC(NC(=O)Nc1cc2[nH]nc(NC(C)C(F)(F)F)c2cn1)c1ccccc1. The highest BCUT2D eigenvalue weighted by molar-refractivity contribution is 5.94. The van der Waals surface area contributed by atoms with Gasteiger partial charge < -0.3 is 15.4 Å². The molecule has 2 unspecified atom stereocenters. The Morgan fingerprint density at radius 2 is 2.00 bits per heavy atom. The molecule has 166 valence electrons. The largest absolute Gasteiger partial charge is 0.408 e. The Bertz CT molecular complexity index is 1010. The predicted octanol–water partition coefficient (Wildman–Crippen LogP) is 4.22. The van der Waals surface area contributed by atoms with Crippen LogP contribution in [0.4, 0.5) is 29.6 Å². The fourth-order valence-corrected chi connectivity index (χ4v) is 2.93. The second-order valence-corrected chi connectivity index (χ2v) is 6.94. The molecule has 2 amide bonds. The molecule has 8 nitrogen and oxygen atoms in total. The first kappa shape index (κ1) is 22.3. The third kappa shape index (κ3) is 5.85. The fourth-order valence-electron chi connectivity index (χ4n) is 2.93. The minimum Gasteiger partial charge on any atom is -0.385 e. The topological polar surface area (TPSA) is 104 Å². The van der Waals surface area contributed by atoms with Crippen molar-refractivity contribution >= 4 is 28.6 Å². The van der Waals surface area contributed by atoms with Crippen LogP contribution in [0, 0.1) is 0 Å². The number of halogens is 3. The lowest BCUT2D eigenvalue weighted by atomic mass is 10.0. The van der Waals surface area contributed by atoms with E-state index >= 15 is 0 Å². The van der Waals surface area contributed by atoms with E-state index in [0.29, 0.717) is 23.9 Å². The highest BCUT2D eigenvalue weighted by Crippen LogP contribution is 2.27. The maximum atomic E-state index is 12.8. The van der Waals surface area contributed by atoms with Gasteiger partial charge in [0.15, 0.2) is 5.82 Å². The van der Waals surface area contributed by atoms with Crippen molar-refractivity contribution < 1.29 is 22.7 Å². The summed E-state index contributed by atoms with van der Waals surface area (Å²) in [5, 5.41) is 14.7. The number of anilines is 2. The Morgan fingerprint density at radius 3 is 2.68 bits per heavy atom. The molecule has 3 rings (SSSR count). The minimum absolute atomic E-state index is 0.0343. The zero-order chi connectivity index (χ0) is 22.4. The number of carbonyl (C=O) groups is 1. The summed E-state index contributed by atoms with van der Waals surface area (Å²) in [5.41, 5.74) is 1.36. The molecule has 0 bridgehead atoms. The van der Waals surface area contributed by atoms with Crippen LogP contribution in [0.2, 0.25) is 0 Å². The van der Waals surface area contributed by atoms with Gasteiger partial charge in [-0.05, 0) is 18.9 Å². The lowest BCUT2D eigenvalue weighted by molar-refractivity contribution is -0.138. The van der Waals surface area contributed by atoms with Gasteiger partial charge in [0.05, 0.1) is 16.9 Å². The van der Waals surface area contributed by atoms with Crippen LogP contribution in [-0.4, -0.2) is 47.1 Å². The van der Waals surface area contributed by atoms with Crippen molar-refractivity contribution in [3.05, 3.63) is 48.2 Å². The summed E-state index contributed by atoms with van der Waals surface area (Å²) < 4.78 is 43.4. The van der Waals surface area contributed by atoms with Gasteiger partial charge in [0.25, 0.3) is 0 Å².